The normalized spacial score (nSPS) is 25.1. The van der Waals surface area contributed by atoms with Gasteiger partial charge in [0.25, 0.3) is 5.91 Å². The molecule has 2 aliphatic carbocycles. The van der Waals surface area contributed by atoms with E-state index >= 15 is 0 Å². The average molecular weight is 483 g/mol. The number of anilines is 1. The van der Waals surface area contributed by atoms with Crippen molar-refractivity contribution in [1.82, 2.24) is 15.3 Å². The molecule has 1 saturated heterocycles. The predicted octanol–water partition coefficient (Wildman–Crippen LogP) is 4.38. The second-order valence-corrected chi connectivity index (χ2v) is 10.7. The molecule has 3 fully saturated rings. The van der Waals surface area contributed by atoms with Crippen LogP contribution in [0.5, 0.6) is 0 Å². The number of fused-ring (bicyclic) bond motifs is 1. The number of nitrogens with one attached hydrogen (secondary N) is 2. The molecule has 166 valence electrons. The van der Waals surface area contributed by atoms with Crippen LogP contribution in [0, 0.1) is 24.7 Å². The summed E-state index contributed by atoms with van der Waals surface area (Å²) in [4.78, 5) is 34.5. The molecule has 3 N–H and O–H groups in total. The standard InChI is InChI=1S/C21H24Cl2N4O3S/c1-9-14(22)15(23)17(24-9)19(28)26-16-11-7-27(8-12(11)16)21-25-13(18(31-21)20(29)30)6-10-4-2-3-5-10/h10-12,16,24H,2-8H2,1H3,(H,26,28)(H,29,30)/t11-,12+,16-. The van der Waals surface area contributed by atoms with Crippen LogP contribution in [-0.2, 0) is 6.42 Å². The second kappa shape index (κ2) is 7.98. The van der Waals surface area contributed by atoms with Crippen LogP contribution >= 0.6 is 34.5 Å². The first-order valence-electron chi connectivity index (χ1n) is 10.7. The number of hydrogen-bond acceptors (Lipinski definition) is 5. The van der Waals surface area contributed by atoms with Gasteiger partial charge in [0.1, 0.15) is 10.6 Å². The Bertz CT molecular complexity index is 1030. The van der Waals surface area contributed by atoms with Gasteiger partial charge in [0, 0.05) is 36.7 Å². The van der Waals surface area contributed by atoms with E-state index in [4.69, 9.17) is 28.2 Å². The number of nitrogens with zero attached hydrogens (tertiary/aromatic N) is 2. The van der Waals surface area contributed by atoms with E-state index < -0.39 is 5.97 Å². The van der Waals surface area contributed by atoms with Crippen molar-refractivity contribution in [2.24, 2.45) is 17.8 Å². The van der Waals surface area contributed by atoms with Gasteiger partial charge in [-0.05, 0) is 19.3 Å². The number of carboxylic acids is 1. The minimum absolute atomic E-state index is 0.0964. The first-order chi connectivity index (χ1) is 14.8. The lowest BCUT2D eigenvalue weighted by molar-refractivity contribution is 0.0700. The minimum atomic E-state index is -0.886. The molecular weight excluding hydrogens is 459 g/mol. The molecule has 3 heterocycles. The maximum atomic E-state index is 12.6. The number of aromatic nitrogens is 2. The van der Waals surface area contributed by atoms with E-state index in [0.717, 1.165) is 43.2 Å². The molecule has 1 aliphatic heterocycles. The van der Waals surface area contributed by atoms with Gasteiger partial charge in [0.05, 0.1) is 15.7 Å². The highest BCUT2D eigenvalue weighted by Gasteiger charge is 2.57. The van der Waals surface area contributed by atoms with Crippen LogP contribution in [0.25, 0.3) is 0 Å². The Balaban J connectivity index is 1.22. The van der Waals surface area contributed by atoms with Crippen molar-refractivity contribution >= 4 is 51.5 Å². The maximum absolute atomic E-state index is 12.6. The third-order valence-electron chi connectivity index (χ3n) is 6.88. The Morgan fingerprint density at radius 3 is 2.48 bits per heavy atom. The summed E-state index contributed by atoms with van der Waals surface area (Å²) in [6.45, 7) is 3.31. The molecular formula is C21H24Cl2N4O3S. The zero-order chi connectivity index (χ0) is 21.9. The zero-order valence-electron chi connectivity index (χ0n) is 17.1. The van der Waals surface area contributed by atoms with E-state index in [-0.39, 0.29) is 17.0 Å². The second-order valence-electron chi connectivity index (χ2n) is 8.92. The topological polar surface area (TPSA) is 98.3 Å². The molecule has 0 aromatic carbocycles. The van der Waals surface area contributed by atoms with Gasteiger partial charge in [-0.3, -0.25) is 4.79 Å². The molecule has 0 spiro atoms. The summed E-state index contributed by atoms with van der Waals surface area (Å²) in [7, 11) is 0. The Morgan fingerprint density at radius 1 is 1.23 bits per heavy atom. The largest absolute Gasteiger partial charge is 0.477 e. The van der Waals surface area contributed by atoms with Crippen molar-refractivity contribution in [2.75, 3.05) is 18.0 Å². The number of H-pyrrole nitrogens is 1. The molecule has 3 atom stereocenters. The quantitative estimate of drug-likeness (QED) is 0.567. The molecule has 10 heteroatoms. The number of rotatable bonds is 6. The molecule has 7 nitrogen and oxygen atoms in total. The number of carbonyl (C=O) groups excluding carboxylic acids is 1. The van der Waals surface area contributed by atoms with Gasteiger partial charge in [0.2, 0.25) is 0 Å². The van der Waals surface area contributed by atoms with Crippen LogP contribution in [0.2, 0.25) is 10.0 Å². The molecule has 5 rings (SSSR count). The summed E-state index contributed by atoms with van der Waals surface area (Å²) < 4.78 is 0. The van der Waals surface area contributed by atoms with Gasteiger partial charge < -0.3 is 20.3 Å². The molecule has 2 saturated carbocycles. The number of aromatic amines is 1. The fraction of sp³-hybridized carbons (Fsp3) is 0.571. The molecule has 0 unspecified atom stereocenters. The number of amides is 1. The number of halogens is 2. The number of carbonyl (C=O) groups is 2. The van der Waals surface area contributed by atoms with E-state index in [9.17, 15) is 14.7 Å². The number of hydrogen-bond donors (Lipinski definition) is 3. The number of thiazole rings is 1. The number of aryl methyl sites for hydroxylation is 1. The van der Waals surface area contributed by atoms with Crippen molar-refractivity contribution in [1.29, 1.82) is 0 Å². The highest BCUT2D eigenvalue weighted by Crippen LogP contribution is 2.48. The number of aromatic carboxylic acids is 1. The van der Waals surface area contributed by atoms with Crippen molar-refractivity contribution in [3.8, 4) is 0 Å². The Kier molecular flexibility index (Phi) is 5.43. The van der Waals surface area contributed by atoms with E-state index in [1.165, 1.54) is 24.2 Å². The lowest BCUT2D eigenvalue weighted by Gasteiger charge is -2.19. The lowest BCUT2D eigenvalue weighted by atomic mass is 10.0. The Hall–Kier alpha value is -1.77. The predicted molar refractivity (Wildman–Crippen MR) is 121 cm³/mol. The maximum Gasteiger partial charge on any atom is 0.347 e. The zero-order valence-corrected chi connectivity index (χ0v) is 19.4. The van der Waals surface area contributed by atoms with Gasteiger partial charge >= 0.3 is 5.97 Å². The Morgan fingerprint density at radius 2 is 1.90 bits per heavy atom. The van der Waals surface area contributed by atoms with E-state index in [0.29, 0.717) is 39.0 Å². The van der Waals surface area contributed by atoms with Gasteiger partial charge in [0.15, 0.2) is 5.13 Å². The molecule has 0 radical (unpaired) electrons. The van der Waals surface area contributed by atoms with Crippen LogP contribution in [0.1, 0.15) is 57.2 Å². The van der Waals surface area contributed by atoms with Crippen molar-refractivity contribution < 1.29 is 14.7 Å². The third-order valence-corrected chi connectivity index (χ3v) is 8.97. The molecule has 2 aromatic rings. The van der Waals surface area contributed by atoms with Crippen molar-refractivity contribution in [3.63, 3.8) is 0 Å². The summed E-state index contributed by atoms with van der Waals surface area (Å²) in [6.07, 6.45) is 5.54. The van der Waals surface area contributed by atoms with Gasteiger partial charge in [-0.2, -0.15) is 0 Å². The molecule has 31 heavy (non-hydrogen) atoms. The smallest absolute Gasteiger partial charge is 0.347 e. The van der Waals surface area contributed by atoms with Crippen LogP contribution in [-0.4, -0.2) is 46.1 Å². The SMILES string of the molecule is Cc1[nH]c(C(=O)N[C@@H]2[C@@H]3CN(c4nc(CC5CCCC5)c(C(=O)O)s4)C[C@@H]32)c(Cl)c1Cl. The van der Waals surface area contributed by atoms with Gasteiger partial charge in [-0.25, -0.2) is 9.78 Å². The minimum Gasteiger partial charge on any atom is -0.477 e. The number of piperidine rings is 1. The van der Waals surface area contributed by atoms with E-state index in [2.05, 4.69) is 15.2 Å². The molecule has 3 aliphatic rings. The monoisotopic (exact) mass is 482 g/mol. The fourth-order valence-electron chi connectivity index (χ4n) is 5.12. The highest BCUT2D eigenvalue weighted by molar-refractivity contribution is 7.17. The average Bonchev–Trinajstić information content (AvgIpc) is 3.30. The van der Waals surface area contributed by atoms with Crippen molar-refractivity contribution in [2.45, 2.75) is 45.1 Å². The van der Waals surface area contributed by atoms with Crippen LogP contribution < -0.4 is 10.2 Å². The molecule has 0 bridgehead atoms. The lowest BCUT2D eigenvalue weighted by Crippen LogP contribution is -2.34. The van der Waals surface area contributed by atoms with E-state index in [1.54, 1.807) is 6.92 Å². The highest BCUT2D eigenvalue weighted by atomic mass is 35.5. The summed E-state index contributed by atoms with van der Waals surface area (Å²) in [5.74, 6) is 0.0984. The number of carboxylic acid groups (broad SMARTS) is 1. The summed E-state index contributed by atoms with van der Waals surface area (Å²) in [5, 5.41) is 14.1. The van der Waals surface area contributed by atoms with Crippen molar-refractivity contribution in [3.05, 3.63) is 32.0 Å². The van der Waals surface area contributed by atoms with Crippen LogP contribution in [0.15, 0.2) is 0 Å². The van der Waals surface area contributed by atoms with Crippen LogP contribution in [0.4, 0.5) is 5.13 Å². The van der Waals surface area contributed by atoms with Gasteiger partial charge in [-0.15, -0.1) is 0 Å². The Labute approximate surface area is 194 Å². The van der Waals surface area contributed by atoms with Crippen LogP contribution in [0.3, 0.4) is 0 Å². The molecule has 1 amide bonds. The first kappa shape index (κ1) is 21.1. The summed E-state index contributed by atoms with van der Waals surface area (Å²) in [6, 6.07) is 0.0964. The summed E-state index contributed by atoms with van der Waals surface area (Å²) in [5.41, 5.74) is 1.71. The van der Waals surface area contributed by atoms with Gasteiger partial charge in [-0.1, -0.05) is 60.2 Å². The van der Waals surface area contributed by atoms with E-state index in [1.807, 2.05) is 0 Å². The fourth-order valence-corrected chi connectivity index (χ4v) is 6.48. The first-order valence-corrected chi connectivity index (χ1v) is 12.2. The molecule has 2 aromatic heterocycles. The summed E-state index contributed by atoms with van der Waals surface area (Å²) >= 11 is 13.5. The third kappa shape index (κ3) is 3.83.